The van der Waals surface area contributed by atoms with Gasteiger partial charge in [0, 0.05) is 11.3 Å². The van der Waals surface area contributed by atoms with Crippen LogP contribution in [0.3, 0.4) is 0 Å². The third-order valence-electron chi connectivity index (χ3n) is 4.10. The summed E-state index contributed by atoms with van der Waals surface area (Å²) in [4.78, 5) is 0.284. The molecule has 0 atom stereocenters. The van der Waals surface area contributed by atoms with E-state index >= 15 is 0 Å². The van der Waals surface area contributed by atoms with Crippen molar-refractivity contribution < 1.29 is 12.8 Å². The van der Waals surface area contributed by atoms with Gasteiger partial charge in [-0.25, -0.2) is 8.42 Å². The maximum Gasteiger partial charge on any atom is 0.261 e. The molecule has 1 N–H and O–H groups in total. The Hall–Kier alpha value is -2.67. The van der Waals surface area contributed by atoms with Crippen LogP contribution < -0.4 is 4.72 Å². The van der Waals surface area contributed by atoms with Gasteiger partial charge in [-0.3, -0.25) is 4.72 Å². The quantitative estimate of drug-likeness (QED) is 0.788. The number of nitrogens with zero attached hydrogens (tertiary/aromatic N) is 2. The van der Waals surface area contributed by atoms with Crippen molar-refractivity contribution in [3.05, 3.63) is 60.0 Å². The van der Waals surface area contributed by atoms with Gasteiger partial charge in [-0.15, -0.1) is 10.2 Å². The lowest BCUT2D eigenvalue weighted by molar-refractivity contribution is 0.568. The first kappa shape index (κ1) is 14.9. The van der Waals surface area contributed by atoms with Crippen LogP contribution in [0.1, 0.15) is 17.5 Å². The minimum Gasteiger partial charge on any atom is -0.423 e. The van der Waals surface area contributed by atoms with E-state index in [9.17, 15) is 8.42 Å². The first-order valence-electron chi connectivity index (χ1n) is 7.63. The lowest BCUT2D eigenvalue weighted by atomic mass is 10.1. The van der Waals surface area contributed by atoms with Crippen molar-refractivity contribution in [2.24, 2.45) is 0 Å². The Bertz CT molecular complexity index is 982. The molecule has 1 heterocycles. The molecule has 0 saturated carbocycles. The maximum absolute atomic E-state index is 12.6. The van der Waals surface area contributed by atoms with E-state index in [0.29, 0.717) is 17.1 Å². The van der Waals surface area contributed by atoms with Crippen molar-refractivity contribution in [1.29, 1.82) is 0 Å². The predicted molar refractivity (Wildman–Crippen MR) is 89.0 cm³/mol. The molecule has 1 aliphatic carbocycles. The van der Waals surface area contributed by atoms with Gasteiger partial charge in [-0.1, -0.05) is 12.1 Å². The number of rotatable bonds is 4. The lowest BCUT2D eigenvalue weighted by Gasteiger charge is -2.10. The molecule has 0 spiro atoms. The second-order valence-electron chi connectivity index (χ2n) is 5.71. The summed E-state index contributed by atoms with van der Waals surface area (Å²) >= 11 is 0. The second kappa shape index (κ2) is 5.76. The van der Waals surface area contributed by atoms with Gasteiger partial charge in [0.15, 0.2) is 0 Å². The molecule has 1 aromatic heterocycles. The van der Waals surface area contributed by atoms with Crippen LogP contribution in [0.2, 0.25) is 0 Å². The van der Waals surface area contributed by atoms with E-state index in [4.69, 9.17) is 4.42 Å². The number of hydrogen-bond donors (Lipinski definition) is 1. The number of aromatic nitrogens is 2. The van der Waals surface area contributed by atoms with Crippen molar-refractivity contribution in [1.82, 2.24) is 10.2 Å². The predicted octanol–water partition coefficient (Wildman–Crippen LogP) is 3.03. The summed E-state index contributed by atoms with van der Waals surface area (Å²) in [5, 5.41) is 7.46. The molecule has 0 aliphatic heterocycles. The zero-order valence-corrected chi connectivity index (χ0v) is 13.6. The lowest BCUT2D eigenvalue weighted by Crippen LogP contribution is -2.13. The highest BCUT2D eigenvalue weighted by Crippen LogP contribution is 2.27. The molecule has 4 rings (SSSR count). The minimum atomic E-state index is -3.64. The largest absolute Gasteiger partial charge is 0.423 e. The van der Waals surface area contributed by atoms with Crippen LogP contribution in [-0.2, 0) is 22.9 Å². The second-order valence-corrected chi connectivity index (χ2v) is 7.40. The van der Waals surface area contributed by atoms with Crippen molar-refractivity contribution in [2.45, 2.75) is 24.2 Å². The third-order valence-corrected chi connectivity index (χ3v) is 5.48. The van der Waals surface area contributed by atoms with E-state index in [2.05, 4.69) is 14.9 Å². The van der Waals surface area contributed by atoms with Crippen molar-refractivity contribution >= 4 is 15.7 Å². The number of aryl methyl sites for hydroxylation is 2. The average Bonchev–Trinajstić information content (AvgIpc) is 3.25. The summed E-state index contributed by atoms with van der Waals surface area (Å²) in [6.07, 6.45) is 4.27. The summed E-state index contributed by atoms with van der Waals surface area (Å²) in [5.41, 5.74) is 3.47. The number of fused-ring (bicyclic) bond motifs is 1. The summed E-state index contributed by atoms with van der Waals surface area (Å²) < 4.78 is 33.0. The van der Waals surface area contributed by atoms with Crippen LogP contribution in [-0.4, -0.2) is 18.6 Å². The molecule has 0 saturated heterocycles. The fraction of sp³-hybridized carbons (Fsp3) is 0.176. The van der Waals surface area contributed by atoms with E-state index in [-0.39, 0.29) is 4.90 Å². The van der Waals surface area contributed by atoms with E-state index in [1.54, 1.807) is 36.4 Å². The standard InChI is InChI=1S/C17H15N3O3S/c21-24(22,16-8-7-12-3-1-4-13(12)10-16)20-15-6-2-5-14(9-15)17-19-18-11-23-17/h2,5-11,20H,1,3-4H2. The molecule has 7 heteroatoms. The number of sulfonamides is 1. The highest BCUT2D eigenvalue weighted by atomic mass is 32.2. The van der Waals surface area contributed by atoms with Crippen LogP contribution in [0.25, 0.3) is 11.5 Å². The SMILES string of the molecule is O=S(=O)(Nc1cccc(-c2nnco2)c1)c1ccc2c(c1)CCC2. The highest BCUT2D eigenvalue weighted by Gasteiger charge is 2.19. The average molecular weight is 341 g/mol. The van der Waals surface area contributed by atoms with Crippen LogP contribution in [0.15, 0.2) is 58.2 Å². The van der Waals surface area contributed by atoms with Gasteiger partial charge in [0.1, 0.15) is 0 Å². The first-order valence-corrected chi connectivity index (χ1v) is 9.11. The molecular formula is C17H15N3O3S. The molecule has 122 valence electrons. The van der Waals surface area contributed by atoms with Gasteiger partial charge in [0.25, 0.3) is 10.0 Å². The topological polar surface area (TPSA) is 85.1 Å². The van der Waals surface area contributed by atoms with Crippen LogP contribution in [0.5, 0.6) is 0 Å². The molecule has 24 heavy (non-hydrogen) atoms. The van der Waals surface area contributed by atoms with Crippen molar-refractivity contribution in [3.63, 3.8) is 0 Å². The summed E-state index contributed by atoms with van der Waals surface area (Å²) in [6.45, 7) is 0. The van der Waals surface area contributed by atoms with Crippen LogP contribution in [0, 0.1) is 0 Å². The van der Waals surface area contributed by atoms with Gasteiger partial charge >= 0.3 is 0 Å². The number of nitrogens with one attached hydrogen (secondary N) is 1. The smallest absolute Gasteiger partial charge is 0.261 e. The third kappa shape index (κ3) is 2.78. The summed E-state index contributed by atoms with van der Waals surface area (Å²) in [6, 6.07) is 12.2. The van der Waals surface area contributed by atoms with Crippen LogP contribution in [0.4, 0.5) is 5.69 Å². The summed E-state index contributed by atoms with van der Waals surface area (Å²) in [7, 11) is -3.64. The van der Waals surface area contributed by atoms with Gasteiger partial charge < -0.3 is 4.42 Å². The zero-order valence-electron chi connectivity index (χ0n) is 12.8. The molecule has 0 unspecified atom stereocenters. The molecular weight excluding hydrogens is 326 g/mol. The molecule has 0 amide bonds. The van der Waals surface area contributed by atoms with Gasteiger partial charge in [-0.05, 0) is 60.7 Å². The van der Waals surface area contributed by atoms with Crippen LogP contribution >= 0.6 is 0 Å². The Morgan fingerprint density at radius 2 is 1.92 bits per heavy atom. The monoisotopic (exact) mass is 341 g/mol. The molecule has 0 bridgehead atoms. The first-order chi connectivity index (χ1) is 11.6. The Labute approximate surface area is 139 Å². The van der Waals surface area contributed by atoms with Gasteiger partial charge in [0.2, 0.25) is 12.3 Å². The molecule has 6 nitrogen and oxygen atoms in total. The fourth-order valence-electron chi connectivity index (χ4n) is 2.94. The Kier molecular flexibility index (Phi) is 3.57. The summed E-state index contributed by atoms with van der Waals surface area (Å²) in [5.74, 6) is 0.341. The molecule has 2 aromatic carbocycles. The maximum atomic E-state index is 12.6. The van der Waals surface area contributed by atoms with Crippen molar-refractivity contribution in [3.8, 4) is 11.5 Å². The van der Waals surface area contributed by atoms with Gasteiger partial charge in [0.05, 0.1) is 4.90 Å². The molecule has 3 aromatic rings. The Morgan fingerprint density at radius 3 is 2.75 bits per heavy atom. The molecule has 0 fully saturated rings. The zero-order chi connectivity index (χ0) is 16.6. The van der Waals surface area contributed by atoms with E-state index in [1.807, 2.05) is 6.07 Å². The normalized spacial score (nSPS) is 13.7. The Balaban J connectivity index is 1.63. The van der Waals surface area contributed by atoms with E-state index in [1.165, 1.54) is 12.0 Å². The minimum absolute atomic E-state index is 0.284. The highest BCUT2D eigenvalue weighted by molar-refractivity contribution is 7.92. The number of hydrogen-bond acceptors (Lipinski definition) is 5. The van der Waals surface area contributed by atoms with E-state index in [0.717, 1.165) is 24.8 Å². The molecule has 1 aliphatic rings. The van der Waals surface area contributed by atoms with Gasteiger partial charge in [-0.2, -0.15) is 0 Å². The van der Waals surface area contributed by atoms with E-state index < -0.39 is 10.0 Å². The number of anilines is 1. The Morgan fingerprint density at radius 1 is 1.04 bits per heavy atom. The number of benzene rings is 2. The molecule has 0 radical (unpaired) electrons. The fourth-order valence-corrected chi connectivity index (χ4v) is 4.04. The van der Waals surface area contributed by atoms with Crippen molar-refractivity contribution in [2.75, 3.05) is 4.72 Å².